The molecule has 0 spiro atoms. The van der Waals surface area contributed by atoms with Crippen LogP contribution in [0.25, 0.3) is 11.3 Å². The highest BCUT2D eigenvalue weighted by Crippen LogP contribution is 2.33. The average molecular weight is 425 g/mol. The predicted octanol–water partition coefficient (Wildman–Crippen LogP) is 3.51. The van der Waals surface area contributed by atoms with E-state index in [4.69, 9.17) is 18.7 Å². The molecular weight excluding hydrogens is 402 g/mol. The van der Waals surface area contributed by atoms with Crippen LogP contribution < -0.4 is 24.8 Å². The third kappa shape index (κ3) is 5.33. The van der Waals surface area contributed by atoms with Crippen LogP contribution in [0, 0.1) is 0 Å². The van der Waals surface area contributed by atoms with Crippen LogP contribution in [0.3, 0.4) is 0 Å². The van der Waals surface area contributed by atoms with Crippen molar-refractivity contribution in [2.45, 2.75) is 13.3 Å². The molecule has 162 valence electrons. The number of hydrogen-bond donors (Lipinski definition) is 2. The highest BCUT2D eigenvalue weighted by molar-refractivity contribution is 5.95. The van der Waals surface area contributed by atoms with E-state index in [1.54, 1.807) is 50.6 Å². The Bertz CT molecular complexity index is 1090. The van der Waals surface area contributed by atoms with Gasteiger partial charge in [0.05, 0.1) is 39.1 Å². The molecule has 3 rings (SSSR count). The van der Waals surface area contributed by atoms with Gasteiger partial charge in [0, 0.05) is 24.2 Å². The maximum absolute atomic E-state index is 12.5. The van der Waals surface area contributed by atoms with Crippen molar-refractivity contribution in [2.75, 3.05) is 32.0 Å². The minimum Gasteiger partial charge on any atom is -0.495 e. The van der Waals surface area contributed by atoms with Crippen LogP contribution >= 0.6 is 0 Å². The van der Waals surface area contributed by atoms with Gasteiger partial charge in [0.15, 0.2) is 17.3 Å². The Labute approximate surface area is 179 Å². The molecule has 0 fully saturated rings. The Morgan fingerprint density at radius 3 is 2.29 bits per heavy atom. The molecule has 0 aliphatic rings. The number of nitrogens with one attached hydrogen (secondary N) is 2. The minimum atomic E-state index is -0.314. The zero-order valence-electron chi connectivity index (χ0n) is 17.6. The molecule has 0 aliphatic heterocycles. The third-order valence-electron chi connectivity index (χ3n) is 4.36. The Kier molecular flexibility index (Phi) is 6.76. The van der Waals surface area contributed by atoms with E-state index in [1.165, 1.54) is 14.0 Å². The normalized spacial score (nSPS) is 10.3. The van der Waals surface area contributed by atoms with Crippen LogP contribution in [0.15, 0.2) is 47.0 Å². The van der Waals surface area contributed by atoms with Gasteiger partial charge in [0.2, 0.25) is 11.8 Å². The summed E-state index contributed by atoms with van der Waals surface area (Å²) in [6, 6.07) is 12.0. The molecule has 0 bridgehead atoms. The molecule has 0 unspecified atom stereocenters. The van der Waals surface area contributed by atoms with Gasteiger partial charge >= 0.3 is 0 Å². The number of carbonyl (C=O) groups is 2. The molecule has 2 amide bonds. The summed E-state index contributed by atoms with van der Waals surface area (Å²) in [6.45, 7) is 1.41. The van der Waals surface area contributed by atoms with Crippen molar-refractivity contribution >= 4 is 23.2 Å². The lowest BCUT2D eigenvalue weighted by Gasteiger charge is -2.12. The SMILES string of the molecule is COc1ccc(NC(C)=O)cc1NC(=O)Cc1cc(-c2ccc(OC)c(OC)c2)on1. The number of nitrogens with zero attached hydrogens (tertiary/aromatic N) is 1. The lowest BCUT2D eigenvalue weighted by molar-refractivity contribution is -0.116. The van der Waals surface area contributed by atoms with Crippen molar-refractivity contribution in [2.24, 2.45) is 0 Å². The van der Waals surface area contributed by atoms with Crippen molar-refractivity contribution in [3.8, 4) is 28.6 Å². The standard InChI is InChI=1S/C22H23N3O6/c1-13(26)23-15-6-8-18(28-2)17(10-15)24-22(27)12-16-11-20(31-25-16)14-5-7-19(29-3)21(9-14)30-4/h5-11H,12H2,1-4H3,(H,23,26)(H,24,27). The molecule has 2 N–H and O–H groups in total. The summed E-state index contributed by atoms with van der Waals surface area (Å²) in [4.78, 5) is 23.8. The van der Waals surface area contributed by atoms with E-state index < -0.39 is 0 Å². The maximum atomic E-state index is 12.5. The summed E-state index contributed by atoms with van der Waals surface area (Å²) in [5.41, 5.74) is 2.17. The molecule has 0 radical (unpaired) electrons. The van der Waals surface area contributed by atoms with Crippen LogP contribution in [0.1, 0.15) is 12.6 Å². The van der Waals surface area contributed by atoms with Gasteiger partial charge in [0.1, 0.15) is 5.75 Å². The van der Waals surface area contributed by atoms with Crippen molar-refractivity contribution in [3.63, 3.8) is 0 Å². The highest BCUT2D eigenvalue weighted by atomic mass is 16.5. The second-order valence-electron chi connectivity index (χ2n) is 6.57. The lowest BCUT2D eigenvalue weighted by Crippen LogP contribution is -2.15. The Hall–Kier alpha value is -4.01. The van der Waals surface area contributed by atoms with E-state index in [0.29, 0.717) is 40.1 Å². The number of rotatable bonds is 8. The van der Waals surface area contributed by atoms with Gasteiger partial charge in [-0.25, -0.2) is 0 Å². The number of hydrogen-bond acceptors (Lipinski definition) is 7. The van der Waals surface area contributed by atoms with Crippen LogP contribution in [0.5, 0.6) is 17.2 Å². The Balaban J connectivity index is 1.73. The molecule has 0 saturated carbocycles. The second kappa shape index (κ2) is 9.66. The first-order chi connectivity index (χ1) is 14.9. The fourth-order valence-electron chi connectivity index (χ4n) is 2.97. The summed E-state index contributed by atoms with van der Waals surface area (Å²) in [6.07, 6.45) is -0.00961. The van der Waals surface area contributed by atoms with Crippen LogP contribution in [-0.4, -0.2) is 38.3 Å². The summed E-state index contributed by atoms with van der Waals surface area (Å²) >= 11 is 0. The van der Waals surface area contributed by atoms with Crippen LogP contribution in [-0.2, 0) is 16.0 Å². The summed E-state index contributed by atoms with van der Waals surface area (Å²) in [7, 11) is 4.60. The molecule has 1 aromatic heterocycles. The lowest BCUT2D eigenvalue weighted by atomic mass is 10.1. The molecule has 9 nitrogen and oxygen atoms in total. The molecule has 9 heteroatoms. The van der Waals surface area contributed by atoms with E-state index >= 15 is 0 Å². The fourth-order valence-corrected chi connectivity index (χ4v) is 2.97. The number of carbonyl (C=O) groups excluding carboxylic acids is 2. The zero-order valence-corrected chi connectivity index (χ0v) is 17.6. The molecule has 0 atom stereocenters. The Morgan fingerprint density at radius 2 is 1.61 bits per heavy atom. The monoisotopic (exact) mass is 425 g/mol. The first-order valence-corrected chi connectivity index (χ1v) is 9.37. The van der Waals surface area contributed by atoms with Gasteiger partial charge in [-0.15, -0.1) is 0 Å². The molecule has 31 heavy (non-hydrogen) atoms. The van der Waals surface area contributed by atoms with E-state index in [0.717, 1.165) is 5.56 Å². The van der Waals surface area contributed by atoms with Crippen LogP contribution in [0.2, 0.25) is 0 Å². The van der Waals surface area contributed by atoms with Gasteiger partial charge < -0.3 is 29.4 Å². The summed E-state index contributed by atoms with van der Waals surface area (Å²) in [5, 5.41) is 9.41. The summed E-state index contributed by atoms with van der Waals surface area (Å²) in [5.74, 6) is 1.59. The van der Waals surface area contributed by atoms with Gasteiger partial charge in [-0.1, -0.05) is 5.16 Å². The predicted molar refractivity (Wildman–Crippen MR) is 115 cm³/mol. The van der Waals surface area contributed by atoms with E-state index in [9.17, 15) is 9.59 Å². The van der Waals surface area contributed by atoms with Gasteiger partial charge in [-0.2, -0.15) is 0 Å². The molecule has 0 aliphatic carbocycles. The van der Waals surface area contributed by atoms with Crippen molar-refractivity contribution < 1.29 is 28.3 Å². The van der Waals surface area contributed by atoms with Gasteiger partial charge in [-0.05, 0) is 36.4 Å². The Morgan fingerprint density at radius 1 is 0.903 bits per heavy atom. The van der Waals surface area contributed by atoms with E-state index in [-0.39, 0.29) is 18.2 Å². The fraction of sp³-hybridized carbons (Fsp3) is 0.227. The number of ether oxygens (including phenoxy) is 3. The second-order valence-corrected chi connectivity index (χ2v) is 6.57. The number of methoxy groups -OCH3 is 3. The number of amides is 2. The first-order valence-electron chi connectivity index (χ1n) is 9.37. The van der Waals surface area contributed by atoms with Crippen molar-refractivity contribution in [3.05, 3.63) is 48.2 Å². The minimum absolute atomic E-state index is 0.00961. The largest absolute Gasteiger partial charge is 0.495 e. The van der Waals surface area contributed by atoms with E-state index in [1.807, 2.05) is 6.07 Å². The first kappa shape index (κ1) is 21.7. The number of benzene rings is 2. The highest BCUT2D eigenvalue weighted by Gasteiger charge is 2.15. The van der Waals surface area contributed by atoms with Gasteiger partial charge in [-0.3, -0.25) is 9.59 Å². The molecule has 1 heterocycles. The zero-order chi connectivity index (χ0) is 22.4. The van der Waals surface area contributed by atoms with Gasteiger partial charge in [0.25, 0.3) is 0 Å². The number of aromatic nitrogens is 1. The van der Waals surface area contributed by atoms with Crippen molar-refractivity contribution in [1.29, 1.82) is 0 Å². The van der Waals surface area contributed by atoms with E-state index in [2.05, 4.69) is 15.8 Å². The maximum Gasteiger partial charge on any atom is 0.230 e. The molecular formula is C22H23N3O6. The third-order valence-corrected chi connectivity index (χ3v) is 4.36. The summed E-state index contributed by atoms with van der Waals surface area (Å²) < 4.78 is 21.2. The number of anilines is 2. The molecule has 0 saturated heterocycles. The quantitative estimate of drug-likeness (QED) is 0.568. The topological polar surface area (TPSA) is 112 Å². The smallest absolute Gasteiger partial charge is 0.230 e. The average Bonchev–Trinajstić information content (AvgIpc) is 3.21. The van der Waals surface area contributed by atoms with Crippen LogP contribution in [0.4, 0.5) is 11.4 Å². The van der Waals surface area contributed by atoms with Crippen molar-refractivity contribution in [1.82, 2.24) is 5.16 Å². The molecule has 2 aromatic carbocycles. The molecule has 3 aromatic rings.